The number of hydrogen-bond donors (Lipinski definition) is 1. The van der Waals surface area contributed by atoms with E-state index in [1.165, 1.54) is 0 Å². The molecular weight excluding hydrogens is 286 g/mol. The third-order valence-corrected chi connectivity index (χ3v) is 3.93. The molecule has 0 saturated heterocycles. The zero-order chi connectivity index (χ0) is 15.6. The topological polar surface area (TPSA) is 45.2 Å². The van der Waals surface area contributed by atoms with Gasteiger partial charge in [0.2, 0.25) is 0 Å². The molecule has 23 heavy (non-hydrogen) atoms. The van der Waals surface area contributed by atoms with Gasteiger partial charge in [-0.1, -0.05) is 36.4 Å². The van der Waals surface area contributed by atoms with Crippen LogP contribution in [0.5, 0.6) is 0 Å². The molecule has 1 atom stereocenters. The van der Waals surface area contributed by atoms with Crippen molar-refractivity contribution < 1.29 is 4.79 Å². The second kappa shape index (κ2) is 5.57. The van der Waals surface area contributed by atoms with Gasteiger partial charge in [-0.3, -0.25) is 14.7 Å². The fraction of sp³-hybridized carbons (Fsp3) is 0.0526. The van der Waals surface area contributed by atoms with Gasteiger partial charge in [-0.05, 0) is 36.4 Å². The van der Waals surface area contributed by atoms with Crippen LogP contribution in [-0.2, 0) is 0 Å². The van der Waals surface area contributed by atoms with Gasteiger partial charge in [0.15, 0.2) is 6.17 Å². The molecule has 1 unspecified atom stereocenters. The summed E-state index contributed by atoms with van der Waals surface area (Å²) in [7, 11) is 0. The van der Waals surface area contributed by atoms with Crippen molar-refractivity contribution in [1.82, 2.24) is 4.98 Å². The SMILES string of the molecule is O=C1c2ccccc2NC(c2ccccn2)N1c1ccccc1. The van der Waals surface area contributed by atoms with E-state index >= 15 is 0 Å². The average molecular weight is 301 g/mol. The minimum Gasteiger partial charge on any atom is -0.359 e. The molecule has 0 saturated carbocycles. The predicted molar refractivity (Wildman–Crippen MR) is 90.3 cm³/mol. The number of carbonyl (C=O) groups excluding carboxylic acids is 1. The summed E-state index contributed by atoms with van der Waals surface area (Å²) >= 11 is 0. The smallest absolute Gasteiger partial charge is 0.262 e. The highest BCUT2D eigenvalue weighted by Gasteiger charge is 2.34. The lowest BCUT2D eigenvalue weighted by Gasteiger charge is -2.37. The van der Waals surface area contributed by atoms with Gasteiger partial charge in [-0.15, -0.1) is 0 Å². The van der Waals surface area contributed by atoms with Crippen molar-refractivity contribution in [2.45, 2.75) is 6.17 Å². The molecule has 1 aliphatic heterocycles. The van der Waals surface area contributed by atoms with Gasteiger partial charge in [0, 0.05) is 17.6 Å². The fourth-order valence-electron chi connectivity index (χ4n) is 2.85. The molecular formula is C19H15N3O. The van der Waals surface area contributed by atoms with Gasteiger partial charge in [0.1, 0.15) is 0 Å². The van der Waals surface area contributed by atoms with Crippen LogP contribution in [0.3, 0.4) is 0 Å². The fourth-order valence-corrected chi connectivity index (χ4v) is 2.85. The van der Waals surface area contributed by atoms with Crippen molar-refractivity contribution in [1.29, 1.82) is 0 Å². The number of nitrogens with zero attached hydrogens (tertiary/aromatic N) is 2. The lowest BCUT2D eigenvalue weighted by Crippen LogP contribution is -2.43. The molecule has 0 fully saturated rings. The van der Waals surface area contributed by atoms with Crippen molar-refractivity contribution in [3.63, 3.8) is 0 Å². The quantitative estimate of drug-likeness (QED) is 0.782. The summed E-state index contributed by atoms with van der Waals surface area (Å²) in [6.45, 7) is 0. The molecule has 2 heterocycles. The Bertz CT molecular complexity index is 834. The molecule has 3 aromatic rings. The predicted octanol–water partition coefficient (Wildman–Crippen LogP) is 3.85. The molecule has 1 aliphatic rings. The van der Waals surface area contributed by atoms with E-state index in [2.05, 4.69) is 10.3 Å². The Labute approximate surface area is 134 Å². The first kappa shape index (κ1) is 13.5. The molecule has 112 valence electrons. The average Bonchev–Trinajstić information content (AvgIpc) is 2.63. The maximum Gasteiger partial charge on any atom is 0.262 e. The highest BCUT2D eigenvalue weighted by atomic mass is 16.2. The van der Waals surface area contributed by atoms with Gasteiger partial charge < -0.3 is 5.32 Å². The number of pyridine rings is 1. The van der Waals surface area contributed by atoms with Gasteiger partial charge in [-0.25, -0.2) is 0 Å². The van der Waals surface area contributed by atoms with E-state index in [4.69, 9.17) is 0 Å². The van der Waals surface area contributed by atoms with Crippen LogP contribution in [0.15, 0.2) is 79.0 Å². The molecule has 1 aromatic heterocycles. The van der Waals surface area contributed by atoms with Gasteiger partial charge >= 0.3 is 0 Å². The second-order valence-electron chi connectivity index (χ2n) is 5.36. The molecule has 4 nitrogen and oxygen atoms in total. The minimum atomic E-state index is -0.332. The van der Waals surface area contributed by atoms with Crippen molar-refractivity contribution in [3.8, 4) is 0 Å². The Morgan fingerprint density at radius 2 is 1.61 bits per heavy atom. The Hall–Kier alpha value is -3.14. The van der Waals surface area contributed by atoms with Crippen molar-refractivity contribution in [3.05, 3.63) is 90.3 Å². The van der Waals surface area contributed by atoms with Crippen LogP contribution in [0.25, 0.3) is 0 Å². The molecule has 0 aliphatic carbocycles. The number of anilines is 2. The first-order valence-electron chi connectivity index (χ1n) is 7.50. The minimum absolute atomic E-state index is 0.0267. The highest BCUT2D eigenvalue weighted by Crippen LogP contribution is 2.35. The molecule has 0 bridgehead atoms. The van der Waals surface area contributed by atoms with E-state index in [-0.39, 0.29) is 12.1 Å². The number of benzene rings is 2. The Morgan fingerprint density at radius 3 is 2.39 bits per heavy atom. The maximum absolute atomic E-state index is 13.1. The summed E-state index contributed by atoms with van der Waals surface area (Å²) in [6, 6.07) is 23.0. The summed E-state index contributed by atoms with van der Waals surface area (Å²) in [6.07, 6.45) is 1.41. The zero-order valence-electron chi connectivity index (χ0n) is 12.4. The van der Waals surface area contributed by atoms with Crippen molar-refractivity contribution in [2.75, 3.05) is 10.2 Å². The summed E-state index contributed by atoms with van der Waals surface area (Å²) in [5, 5.41) is 3.43. The lowest BCUT2D eigenvalue weighted by atomic mass is 10.0. The Morgan fingerprint density at radius 1 is 0.870 bits per heavy atom. The molecule has 0 spiro atoms. The third kappa shape index (κ3) is 2.34. The van der Waals surface area contributed by atoms with Gasteiger partial charge in [-0.2, -0.15) is 0 Å². The summed E-state index contributed by atoms with van der Waals surface area (Å²) in [5.41, 5.74) is 3.15. The zero-order valence-corrected chi connectivity index (χ0v) is 12.4. The number of para-hydroxylation sites is 2. The van der Waals surface area contributed by atoms with E-state index in [0.717, 1.165) is 17.1 Å². The maximum atomic E-state index is 13.1. The van der Waals surface area contributed by atoms with E-state index in [1.54, 1.807) is 11.1 Å². The van der Waals surface area contributed by atoms with Crippen molar-refractivity contribution >= 4 is 17.3 Å². The number of rotatable bonds is 2. The Kier molecular flexibility index (Phi) is 3.27. The molecule has 1 amide bonds. The number of nitrogens with one attached hydrogen (secondary N) is 1. The van der Waals surface area contributed by atoms with Crippen LogP contribution < -0.4 is 10.2 Å². The molecule has 4 heteroatoms. The van der Waals surface area contributed by atoms with Crippen LogP contribution in [0, 0.1) is 0 Å². The normalized spacial score (nSPS) is 16.6. The number of aromatic nitrogens is 1. The second-order valence-corrected chi connectivity index (χ2v) is 5.36. The van der Waals surface area contributed by atoms with Crippen LogP contribution in [-0.4, -0.2) is 10.9 Å². The molecule has 0 radical (unpaired) electrons. The number of amides is 1. The summed E-state index contributed by atoms with van der Waals surface area (Å²) in [4.78, 5) is 19.2. The first-order chi connectivity index (χ1) is 11.3. The lowest BCUT2D eigenvalue weighted by molar-refractivity contribution is 0.0974. The monoisotopic (exact) mass is 301 g/mol. The van der Waals surface area contributed by atoms with Crippen LogP contribution in [0.2, 0.25) is 0 Å². The summed E-state index contributed by atoms with van der Waals surface area (Å²) in [5.74, 6) is -0.0267. The van der Waals surface area contributed by atoms with E-state index < -0.39 is 0 Å². The number of hydrogen-bond acceptors (Lipinski definition) is 3. The number of fused-ring (bicyclic) bond motifs is 1. The van der Waals surface area contributed by atoms with E-state index in [1.807, 2.05) is 72.8 Å². The number of carbonyl (C=O) groups is 1. The van der Waals surface area contributed by atoms with Gasteiger partial charge in [0.05, 0.1) is 11.3 Å². The summed E-state index contributed by atoms with van der Waals surface area (Å²) < 4.78 is 0. The van der Waals surface area contributed by atoms with Gasteiger partial charge in [0.25, 0.3) is 5.91 Å². The third-order valence-electron chi connectivity index (χ3n) is 3.93. The largest absolute Gasteiger partial charge is 0.359 e. The molecule has 4 rings (SSSR count). The van der Waals surface area contributed by atoms with Crippen LogP contribution in [0.1, 0.15) is 22.2 Å². The molecule has 2 aromatic carbocycles. The molecule has 1 N–H and O–H groups in total. The van der Waals surface area contributed by atoms with Crippen molar-refractivity contribution in [2.24, 2.45) is 0 Å². The first-order valence-corrected chi connectivity index (χ1v) is 7.50. The standard InChI is InChI=1S/C19H15N3O/c23-19-15-10-4-5-11-16(15)21-18(17-12-6-7-13-20-17)22(19)14-8-2-1-3-9-14/h1-13,18,21H. The Balaban J connectivity index is 1.87. The van der Waals surface area contributed by atoms with Crippen LogP contribution >= 0.6 is 0 Å². The van der Waals surface area contributed by atoms with Crippen LogP contribution in [0.4, 0.5) is 11.4 Å². The van der Waals surface area contributed by atoms with E-state index in [0.29, 0.717) is 5.56 Å². The highest BCUT2D eigenvalue weighted by molar-refractivity contribution is 6.12. The van der Waals surface area contributed by atoms with E-state index in [9.17, 15) is 4.79 Å².